The SMILES string of the molecule is CC(C)CNC(=O)[C@@H](Cc1ccccc1)N(Cc1ccc(Br)cc1)C(=O)CSCc1ccc(Br)cc1. The summed E-state index contributed by atoms with van der Waals surface area (Å²) < 4.78 is 2.01. The van der Waals surface area contributed by atoms with Crippen molar-refractivity contribution >= 4 is 55.4 Å². The van der Waals surface area contributed by atoms with Crippen molar-refractivity contribution in [1.82, 2.24) is 10.2 Å². The fraction of sp³-hybridized carbons (Fsp3) is 0.310. The fourth-order valence-electron chi connectivity index (χ4n) is 3.68. The molecule has 0 aliphatic carbocycles. The molecule has 0 heterocycles. The summed E-state index contributed by atoms with van der Waals surface area (Å²) >= 11 is 8.51. The van der Waals surface area contributed by atoms with Gasteiger partial charge in [-0.15, -0.1) is 11.8 Å². The Morgan fingerprint density at radius 3 is 2.00 bits per heavy atom. The maximum Gasteiger partial charge on any atom is 0.243 e. The van der Waals surface area contributed by atoms with E-state index < -0.39 is 6.04 Å². The predicted octanol–water partition coefficient (Wildman–Crippen LogP) is 6.86. The van der Waals surface area contributed by atoms with Crippen molar-refractivity contribution in [3.05, 3.63) is 104 Å². The van der Waals surface area contributed by atoms with Crippen LogP contribution >= 0.6 is 43.6 Å². The minimum absolute atomic E-state index is 0.0411. The van der Waals surface area contributed by atoms with Crippen LogP contribution in [-0.4, -0.2) is 35.1 Å². The van der Waals surface area contributed by atoms with Crippen LogP contribution in [0, 0.1) is 5.92 Å². The van der Waals surface area contributed by atoms with E-state index in [1.807, 2.05) is 66.7 Å². The van der Waals surface area contributed by atoms with Crippen LogP contribution < -0.4 is 5.32 Å². The first-order chi connectivity index (χ1) is 17.3. The molecule has 0 radical (unpaired) electrons. The van der Waals surface area contributed by atoms with Gasteiger partial charge in [0.1, 0.15) is 6.04 Å². The van der Waals surface area contributed by atoms with Crippen molar-refractivity contribution in [2.75, 3.05) is 12.3 Å². The maximum absolute atomic E-state index is 13.6. The molecule has 1 atom stereocenters. The number of carbonyl (C=O) groups excluding carboxylic acids is 2. The van der Waals surface area contributed by atoms with Crippen molar-refractivity contribution in [1.29, 1.82) is 0 Å². The average molecular weight is 632 g/mol. The summed E-state index contributed by atoms with van der Waals surface area (Å²) in [5, 5.41) is 3.07. The first kappa shape index (κ1) is 28.5. The van der Waals surface area contributed by atoms with E-state index in [-0.39, 0.29) is 11.8 Å². The maximum atomic E-state index is 13.6. The van der Waals surface area contributed by atoms with Crippen molar-refractivity contribution in [2.45, 2.75) is 38.6 Å². The first-order valence-electron chi connectivity index (χ1n) is 12.0. The van der Waals surface area contributed by atoms with Crippen molar-refractivity contribution in [3.8, 4) is 0 Å². The Labute approximate surface area is 235 Å². The lowest BCUT2D eigenvalue weighted by Crippen LogP contribution is -2.51. The van der Waals surface area contributed by atoms with E-state index in [0.717, 1.165) is 31.4 Å². The second-order valence-electron chi connectivity index (χ2n) is 9.11. The number of rotatable bonds is 12. The van der Waals surface area contributed by atoms with Crippen LogP contribution in [0.4, 0.5) is 0 Å². The van der Waals surface area contributed by atoms with E-state index in [1.54, 1.807) is 16.7 Å². The zero-order valence-electron chi connectivity index (χ0n) is 20.6. The third kappa shape index (κ3) is 9.41. The zero-order valence-corrected chi connectivity index (χ0v) is 24.6. The smallest absolute Gasteiger partial charge is 0.243 e. The molecule has 0 saturated heterocycles. The number of carbonyl (C=O) groups is 2. The number of benzene rings is 3. The van der Waals surface area contributed by atoms with Gasteiger partial charge in [0.2, 0.25) is 11.8 Å². The molecule has 4 nitrogen and oxygen atoms in total. The monoisotopic (exact) mass is 630 g/mol. The van der Waals surface area contributed by atoms with Crippen molar-refractivity contribution < 1.29 is 9.59 Å². The van der Waals surface area contributed by atoms with Crippen LogP contribution in [0.2, 0.25) is 0 Å². The number of amides is 2. The largest absolute Gasteiger partial charge is 0.354 e. The molecule has 3 aromatic rings. The van der Waals surface area contributed by atoms with Crippen LogP contribution in [0.15, 0.2) is 87.8 Å². The lowest BCUT2D eigenvalue weighted by molar-refractivity contribution is -0.139. The molecule has 0 aromatic heterocycles. The molecule has 0 aliphatic rings. The quantitative estimate of drug-likeness (QED) is 0.238. The number of nitrogens with zero attached hydrogens (tertiary/aromatic N) is 1. The minimum atomic E-state index is -0.601. The number of hydrogen-bond donors (Lipinski definition) is 1. The van der Waals surface area contributed by atoms with E-state index in [0.29, 0.717) is 31.2 Å². The lowest BCUT2D eigenvalue weighted by Gasteiger charge is -2.32. The highest BCUT2D eigenvalue weighted by Crippen LogP contribution is 2.20. The van der Waals surface area contributed by atoms with Crippen molar-refractivity contribution in [3.63, 3.8) is 0 Å². The van der Waals surface area contributed by atoms with Gasteiger partial charge in [-0.2, -0.15) is 0 Å². The van der Waals surface area contributed by atoms with E-state index in [1.165, 1.54) is 0 Å². The number of hydrogen-bond acceptors (Lipinski definition) is 3. The van der Waals surface area contributed by atoms with Gasteiger partial charge in [0.05, 0.1) is 5.75 Å². The van der Waals surface area contributed by atoms with Gasteiger partial charge in [-0.25, -0.2) is 0 Å². The third-order valence-electron chi connectivity index (χ3n) is 5.63. The fourth-order valence-corrected chi connectivity index (χ4v) is 5.08. The van der Waals surface area contributed by atoms with Crippen molar-refractivity contribution in [2.24, 2.45) is 5.92 Å². The second-order valence-corrected chi connectivity index (χ2v) is 11.9. The van der Waals surface area contributed by atoms with Crippen LogP contribution in [0.1, 0.15) is 30.5 Å². The Balaban J connectivity index is 1.82. The molecular weight excluding hydrogens is 600 g/mol. The third-order valence-corrected chi connectivity index (χ3v) is 7.68. The topological polar surface area (TPSA) is 49.4 Å². The van der Waals surface area contributed by atoms with Gasteiger partial charge in [0, 0.05) is 34.2 Å². The summed E-state index contributed by atoms with van der Waals surface area (Å²) in [7, 11) is 0. The summed E-state index contributed by atoms with van der Waals surface area (Å²) in [5.74, 6) is 1.20. The summed E-state index contributed by atoms with van der Waals surface area (Å²) in [6.07, 6.45) is 0.463. The number of halogens is 2. The number of nitrogens with one attached hydrogen (secondary N) is 1. The molecule has 0 spiro atoms. The molecule has 0 bridgehead atoms. The van der Waals surface area contributed by atoms with Gasteiger partial charge >= 0.3 is 0 Å². The highest BCUT2D eigenvalue weighted by molar-refractivity contribution is 9.10. The van der Waals surface area contributed by atoms with Crippen LogP contribution in [0.25, 0.3) is 0 Å². The number of thioether (sulfide) groups is 1. The molecule has 0 unspecified atom stereocenters. The van der Waals surface area contributed by atoms with Gasteiger partial charge in [-0.3, -0.25) is 9.59 Å². The van der Waals surface area contributed by atoms with Gasteiger partial charge < -0.3 is 10.2 Å². The summed E-state index contributed by atoms with van der Waals surface area (Å²) in [6.45, 7) is 5.08. The van der Waals surface area contributed by atoms with Gasteiger partial charge in [0.25, 0.3) is 0 Å². The summed E-state index contributed by atoms with van der Waals surface area (Å²) in [4.78, 5) is 28.8. The first-order valence-corrected chi connectivity index (χ1v) is 14.7. The molecule has 0 saturated carbocycles. The molecule has 190 valence electrons. The van der Waals surface area contributed by atoms with Crippen LogP contribution in [-0.2, 0) is 28.3 Å². The van der Waals surface area contributed by atoms with E-state index >= 15 is 0 Å². The summed E-state index contributed by atoms with van der Waals surface area (Å²) in [6, 6.07) is 25.3. The van der Waals surface area contributed by atoms with E-state index in [2.05, 4.69) is 63.2 Å². The van der Waals surface area contributed by atoms with E-state index in [9.17, 15) is 9.59 Å². The standard InChI is InChI=1S/C29H32Br2N2O2S/c1-21(2)17-32-29(35)27(16-22-6-4-3-5-7-22)33(18-23-8-12-25(30)13-9-23)28(34)20-36-19-24-10-14-26(31)15-11-24/h3-15,21,27H,16-20H2,1-2H3,(H,32,35)/t27-/m1/s1. The molecule has 3 aromatic carbocycles. The van der Waals surface area contributed by atoms with E-state index in [4.69, 9.17) is 0 Å². The highest BCUT2D eigenvalue weighted by Gasteiger charge is 2.30. The highest BCUT2D eigenvalue weighted by atomic mass is 79.9. The summed E-state index contributed by atoms with van der Waals surface area (Å²) in [5.41, 5.74) is 3.17. The van der Waals surface area contributed by atoms with Crippen LogP contribution in [0.3, 0.4) is 0 Å². The molecule has 36 heavy (non-hydrogen) atoms. The molecular formula is C29H32Br2N2O2S. The predicted molar refractivity (Wildman–Crippen MR) is 157 cm³/mol. The Morgan fingerprint density at radius 2 is 1.42 bits per heavy atom. The molecule has 2 amide bonds. The molecule has 3 rings (SSSR count). The lowest BCUT2D eigenvalue weighted by atomic mass is 10.0. The molecule has 0 fully saturated rings. The van der Waals surface area contributed by atoms with Gasteiger partial charge in [-0.1, -0.05) is 100 Å². The Bertz CT molecular complexity index is 1110. The zero-order chi connectivity index (χ0) is 25.9. The average Bonchev–Trinajstić information content (AvgIpc) is 2.87. The Hall–Kier alpha value is -2.09. The second kappa shape index (κ2) is 14.6. The normalized spacial score (nSPS) is 11.8. The Kier molecular flexibility index (Phi) is 11.5. The van der Waals surface area contributed by atoms with Gasteiger partial charge in [-0.05, 0) is 46.9 Å². The van der Waals surface area contributed by atoms with Crippen LogP contribution in [0.5, 0.6) is 0 Å². The van der Waals surface area contributed by atoms with Gasteiger partial charge in [0.15, 0.2) is 0 Å². The minimum Gasteiger partial charge on any atom is -0.354 e. The molecule has 7 heteroatoms. The Morgan fingerprint density at radius 1 is 0.833 bits per heavy atom. The molecule has 0 aliphatic heterocycles. The molecule has 1 N–H and O–H groups in total.